The van der Waals surface area contributed by atoms with E-state index in [1.165, 1.54) is 16.8 Å². The maximum absolute atomic E-state index is 10.2. The summed E-state index contributed by atoms with van der Waals surface area (Å²) in [5.41, 5.74) is 3.92. The number of aliphatic hydroxyl groups is 1. The second kappa shape index (κ2) is 4.58. The lowest BCUT2D eigenvalue weighted by atomic mass is 9.83. The van der Waals surface area contributed by atoms with Gasteiger partial charge in [0, 0.05) is 12.1 Å². The summed E-state index contributed by atoms with van der Waals surface area (Å²) in [5, 5.41) is 13.7. The van der Waals surface area contributed by atoms with Crippen LogP contribution in [0.15, 0.2) is 18.2 Å². The number of fused-ring (bicyclic) bond motifs is 1. The number of aliphatic hydroxyl groups excluding tert-OH is 1. The SMILES string of the molecule is CC(C)C1Nc2ccc(C(C)(C)C)cc2CC1O. The van der Waals surface area contributed by atoms with Crippen LogP contribution >= 0.6 is 0 Å². The average Bonchev–Trinajstić information content (AvgIpc) is 2.25. The minimum atomic E-state index is -0.285. The molecular weight excluding hydrogens is 222 g/mol. The highest BCUT2D eigenvalue weighted by Crippen LogP contribution is 2.32. The predicted octanol–water partition coefficient (Wildman–Crippen LogP) is 3.34. The third-order valence-electron chi connectivity index (χ3n) is 3.86. The number of hydrogen-bond acceptors (Lipinski definition) is 2. The van der Waals surface area contributed by atoms with Gasteiger partial charge in [-0.15, -0.1) is 0 Å². The van der Waals surface area contributed by atoms with Gasteiger partial charge in [-0.2, -0.15) is 0 Å². The second-order valence-corrected chi connectivity index (χ2v) is 6.81. The van der Waals surface area contributed by atoms with Crippen molar-refractivity contribution in [3.05, 3.63) is 29.3 Å². The van der Waals surface area contributed by atoms with Gasteiger partial charge in [-0.05, 0) is 28.5 Å². The van der Waals surface area contributed by atoms with Gasteiger partial charge >= 0.3 is 0 Å². The summed E-state index contributed by atoms with van der Waals surface area (Å²) < 4.78 is 0. The first kappa shape index (κ1) is 13.4. The van der Waals surface area contributed by atoms with Crippen molar-refractivity contribution in [2.75, 3.05) is 5.32 Å². The topological polar surface area (TPSA) is 32.3 Å². The van der Waals surface area contributed by atoms with Gasteiger partial charge in [-0.1, -0.05) is 46.8 Å². The van der Waals surface area contributed by atoms with Crippen molar-refractivity contribution in [2.24, 2.45) is 5.92 Å². The standard InChI is InChI=1S/C16H25NO/c1-10(2)15-14(18)9-11-8-12(16(3,4)5)6-7-13(11)17-15/h6-8,10,14-15,17-18H,9H2,1-5H3. The summed E-state index contributed by atoms with van der Waals surface area (Å²) in [6, 6.07) is 6.76. The van der Waals surface area contributed by atoms with Crippen LogP contribution in [0, 0.1) is 5.92 Å². The molecule has 0 saturated carbocycles. The molecular formula is C16H25NO. The van der Waals surface area contributed by atoms with Crippen LogP contribution in [-0.2, 0) is 11.8 Å². The molecule has 1 aliphatic rings. The lowest BCUT2D eigenvalue weighted by Gasteiger charge is -2.35. The first-order valence-corrected chi connectivity index (χ1v) is 6.87. The molecule has 2 atom stereocenters. The van der Waals surface area contributed by atoms with E-state index in [-0.39, 0.29) is 17.6 Å². The van der Waals surface area contributed by atoms with E-state index in [2.05, 4.69) is 58.1 Å². The van der Waals surface area contributed by atoms with Crippen molar-refractivity contribution >= 4 is 5.69 Å². The van der Waals surface area contributed by atoms with Gasteiger partial charge in [0.15, 0.2) is 0 Å². The van der Waals surface area contributed by atoms with Crippen molar-refractivity contribution in [3.63, 3.8) is 0 Å². The Morgan fingerprint density at radius 3 is 2.50 bits per heavy atom. The summed E-state index contributed by atoms with van der Waals surface area (Å²) in [6.07, 6.45) is 0.475. The number of rotatable bonds is 1. The van der Waals surface area contributed by atoms with Gasteiger partial charge in [-0.3, -0.25) is 0 Å². The Bertz CT molecular complexity index is 431. The molecule has 0 bridgehead atoms. The van der Waals surface area contributed by atoms with Crippen LogP contribution in [-0.4, -0.2) is 17.3 Å². The molecule has 2 N–H and O–H groups in total. The zero-order chi connectivity index (χ0) is 13.5. The smallest absolute Gasteiger partial charge is 0.0784 e. The molecule has 0 spiro atoms. The molecule has 2 heteroatoms. The third-order valence-corrected chi connectivity index (χ3v) is 3.86. The second-order valence-electron chi connectivity index (χ2n) is 6.81. The van der Waals surface area contributed by atoms with E-state index in [0.29, 0.717) is 5.92 Å². The van der Waals surface area contributed by atoms with E-state index >= 15 is 0 Å². The van der Waals surface area contributed by atoms with Gasteiger partial charge in [0.1, 0.15) is 0 Å². The quantitative estimate of drug-likeness (QED) is 0.797. The van der Waals surface area contributed by atoms with Crippen LogP contribution in [0.5, 0.6) is 0 Å². The van der Waals surface area contributed by atoms with Crippen LogP contribution in [0.3, 0.4) is 0 Å². The number of nitrogens with one attached hydrogen (secondary N) is 1. The van der Waals surface area contributed by atoms with E-state index < -0.39 is 0 Å². The minimum Gasteiger partial charge on any atom is -0.391 e. The lowest BCUT2D eigenvalue weighted by Crippen LogP contribution is -2.42. The van der Waals surface area contributed by atoms with E-state index in [0.717, 1.165) is 6.42 Å². The molecule has 0 saturated heterocycles. The molecule has 2 unspecified atom stereocenters. The van der Waals surface area contributed by atoms with Crippen molar-refractivity contribution < 1.29 is 5.11 Å². The van der Waals surface area contributed by atoms with E-state index in [1.807, 2.05) is 0 Å². The third kappa shape index (κ3) is 2.54. The van der Waals surface area contributed by atoms with Gasteiger partial charge in [0.2, 0.25) is 0 Å². The van der Waals surface area contributed by atoms with E-state index in [9.17, 15) is 5.11 Å². The number of anilines is 1. The van der Waals surface area contributed by atoms with Gasteiger partial charge in [0.25, 0.3) is 0 Å². The van der Waals surface area contributed by atoms with Gasteiger partial charge < -0.3 is 10.4 Å². The maximum atomic E-state index is 10.2. The average molecular weight is 247 g/mol. The largest absolute Gasteiger partial charge is 0.391 e. The first-order valence-electron chi connectivity index (χ1n) is 6.87. The van der Waals surface area contributed by atoms with Crippen molar-refractivity contribution in [2.45, 2.75) is 58.6 Å². The molecule has 0 amide bonds. The van der Waals surface area contributed by atoms with Crippen LogP contribution < -0.4 is 5.32 Å². The molecule has 0 fully saturated rings. The monoisotopic (exact) mass is 247 g/mol. The molecule has 1 aliphatic heterocycles. The minimum absolute atomic E-state index is 0.162. The Hall–Kier alpha value is -1.02. The fourth-order valence-electron chi connectivity index (χ4n) is 2.61. The van der Waals surface area contributed by atoms with E-state index in [4.69, 9.17) is 0 Å². The Kier molecular flexibility index (Phi) is 3.41. The molecule has 18 heavy (non-hydrogen) atoms. The summed E-state index contributed by atoms with van der Waals surface area (Å²) in [4.78, 5) is 0. The molecule has 1 aromatic rings. The highest BCUT2D eigenvalue weighted by molar-refractivity contribution is 5.56. The fourth-order valence-corrected chi connectivity index (χ4v) is 2.61. The molecule has 100 valence electrons. The van der Waals surface area contributed by atoms with Crippen LogP contribution in [0.4, 0.5) is 5.69 Å². The Balaban J connectivity index is 2.32. The van der Waals surface area contributed by atoms with Crippen LogP contribution in [0.25, 0.3) is 0 Å². The zero-order valence-electron chi connectivity index (χ0n) is 12.1. The number of hydrogen-bond donors (Lipinski definition) is 2. The zero-order valence-corrected chi connectivity index (χ0v) is 12.1. The molecule has 0 aliphatic carbocycles. The van der Waals surface area contributed by atoms with Gasteiger partial charge in [0.05, 0.1) is 12.1 Å². The molecule has 1 aromatic carbocycles. The molecule has 2 rings (SSSR count). The van der Waals surface area contributed by atoms with Crippen LogP contribution in [0.2, 0.25) is 0 Å². The summed E-state index contributed by atoms with van der Waals surface area (Å²) in [6.45, 7) is 11.0. The van der Waals surface area contributed by atoms with Crippen LogP contribution in [0.1, 0.15) is 45.7 Å². The molecule has 0 radical (unpaired) electrons. The maximum Gasteiger partial charge on any atom is 0.0784 e. The molecule has 2 nitrogen and oxygen atoms in total. The Labute approximate surface area is 110 Å². The summed E-state index contributed by atoms with van der Waals surface area (Å²) in [5.74, 6) is 0.440. The predicted molar refractivity (Wildman–Crippen MR) is 77.1 cm³/mol. The molecule has 0 aromatic heterocycles. The fraction of sp³-hybridized carbons (Fsp3) is 0.625. The van der Waals surface area contributed by atoms with Gasteiger partial charge in [-0.25, -0.2) is 0 Å². The Morgan fingerprint density at radius 1 is 1.28 bits per heavy atom. The number of benzene rings is 1. The van der Waals surface area contributed by atoms with Crippen molar-refractivity contribution in [1.82, 2.24) is 0 Å². The normalized spacial score (nSPS) is 23.7. The van der Waals surface area contributed by atoms with E-state index in [1.54, 1.807) is 0 Å². The van der Waals surface area contributed by atoms with Crippen molar-refractivity contribution in [3.8, 4) is 0 Å². The Morgan fingerprint density at radius 2 is 1.94 bits per heavy atom. The lowest BCUT2D eigenvalue weighted by molar-refractivity contribution is 0.129. The highest BCUT2D eigenvalue weighted by atomic mass is 16.3. The summed E-state index contributed by atoms with van der Waals surface area (Å²) in [7, 11) is 0. The highest BCUT2D eigenvalue weighted by Gasteiger charge is 2.29. The first-order chi connectivity index (χ1) is 8.29. The summed E-state index contributed by atoms with van der Waals surface area (Å²) >= 11 is 0. The molecule has 1 heterocycles. The van der Waals surface area contributed by atoms with Crippen molar-refractivity contribution in [1.29, 1.82) is 0 Å².